The molecule has 0 atom stereocenters. The van der Waals surface area contributed by atoms with Crippen molar-refractivity contribution >= 4 is 22.9 Å². The SMILES string of the molecule is COc1cccc(COc2nc(Cl)cs2)c1. The van der Waals surface area contributed by atoms with Gasteiger partial charge in [-0.15, -0.1) is 0 Å². The summed E-state index contributed by atoms with van der Waals surface area (Å²) >= 11 is 7.07. The first-order valence-corrected chi connectivity index (χ1v) is 5.90. The molecule has 1 aromatic carbocycles. The predicted molar refractivity (Wildman–Crippen MR) is 64.5 cm³/mol. The van der Waals surface area contributed by atoms with Gasteiger partial charge in [0.15, 0.2) is 0 Å². The monoisotopic (exact) mass is 255 g/mol. The standard InChI is InChI=1S/C11H10ClNO2S/c1-14-9-4-2-3-8(5-9)6-15-11-13-10(12)7-16-11/h2-5,7H,6H2,1H3. The fraction of sp³-hybridized carbons (Fsp3) is 0.182. The van der Waals surface area contributed by atoms with Crippen LogP contribution in [-0.2, 0) is 6.61 Å². The summed E-state index contributed by atoms with van der Waals surface area (Å²) < 4.78 is 10.6. The molecule has 2 rings (SSSR count). The van der Waals surface area contributed by atoms with Crippen molar-refractivity contribution in [1.82, 2.24) is 4.98 Å². The molecular formula is C11H10ClNO2S. The Bertz CT molecular complexity index is 473. The first-order valence-electron chi connectivity index (χ1n) is 4.64. The number of ether oxygens (including phenoxy) is 2. The molecule has 3 nitrogen and oxygen atoms in total. The zero-order chi connectivity index (χ0) is 11.4. The first kappa shape index (κ1) is 11.2. The average Bonchev–Trinajstić information content (AvgIpc) is 2.73. The van der Waals surface area contributed by atoms with Gasteiger partial charge in [0.25, 0.3) is 5.19 Å². The molecule has 0 bridgehead atoms. The maximum absolute atomic E-state index is 5.69. The fourth-order valence-corrected chi connectivity index (χ4v) is 2.00. The van der Waals surface area contributed by atoms with E-state index in [4.69, 9.17) is 21.1 Å². The maximum Gasteiger partial charge on any atom is 0.274 e. The lowest BCUT2D eigenvalue weighted by Gasteiger charge is -2.04. The Kier molecular flexibility index (Phi) is 3.64. The van der Waals surface area contributed by atoms with Crippen molar-refractivity contribution in [3.63, 3.8) is 0 Å². The molecule has 0 fully saturated rings. The second-order valence-corrected chi connectivity index (χ2v) is 4.28. The Balaban J connectivity index is 1.99. The summed E-state index contributed by atoms with van der Waals surface area (Å²) in [7, 11) is 1.64. The van der Waals surface area contributed by atoms with Crippen LogP contribution in [0.1, 0.15) is 5.56 Å². The van der Waals surface area contributed by atoms with Crippen molar-refractivity contribution in [2.45, 2.75) is 6.61 Å². The van der Waals surface area contributed by atoms with Gasteiger partial charge in [-0.05, 0) is 17.7 Å². The predicted octanol–water partition coefficient (Wildman–Crippen LogP) is 3.38. The Morgan fingerprint density at radius 1 is 1.44 bits per heavy atom. The van der Waals surface area contributed by atoms with Crippen molar-refractivity contribution < 1.29 is 9.47 Å². The Labute approximate surface area is 103 Å². The van der Waals surface area contributed by atoms with Gasteiger partial charge in [0.1, 0.15) is 17.5 Å². The lowest BCUT2D eigenvalue weighted by molar-refractivity contribution is 0.303. The van der Waals surface area contributed by atoms with Gasteiger partial charge < -0.3 is 9.47 Å². The highest BCUT2D eigenvalue weighted by Crippen LogP contribution is 2.22. The van der Waals surface area contributed by atoms with E-state index in [0.717, 1.165) is 11.3 Å². The largest absolute Gasteiger partial charge is 0.497 e. The van der Waals surface area contributed by atoms with Crippen LogP contribution in [0.5, 0.6) is 10.9 Å². The number of thiazole rings is 1. The van der Waals surface area contributed by atoms with Gasteiger partial charge in [0.05, 0.1) is 7.11 Å². The third-order valence-corrected chi connectivity index (χ3v) is 3.03. The van der Waals surface area contributed by atoms with Crippen LogP contribution in [-0.4, -0.2) is 12.1 Å². The highest BCUT2D eigenvalue weighted by atomic mass is 35.5. The van der Waals surface area contributed by atoms with Crippen LogP contribution in [0.4, 0.5) is 0 Å². The van der Waals surface area contributed by atoms with Crippen molar-refractivity contribution in [2.24, 2.45) is 0 Å². The van der Waals surface area contributed by atoms with Crippen molar-refractivity contribution in [2.75, 3.05) is 7.11 Å². The molecule has 0 radical (unpaired) electrons. The molecule has 0 amide bonds. The van der Waals surface area contributed by atoms with Gasteiger partial charge >= 0.3 is 0 Å². The Hall–Kier alpha value is -1.26. The Morgan fingerprint density at radius 2 is 2.31 bits per heavy atom. The second-order valence-electron chi connectivity index (χ2n) is 3.08. The molecular weight excluding hydrogens is 246 g/mol. The second kappa shape index (κ2) is 5.18. The average molecular weight is 256 g/mol. The van der Waals surface area contributed by atoms with Gasteiger partial charge in [-0.2, -0.15) is 4.98 Å². The molecule has 0 aliphatic rings. The normalized spacial score (nSPS) is 10.1. The topological polar surface area (TPSA) is 31.4 Å². The van der Waals surface area contributed by atoms with E-state index in [2.05, 4.69) is 4.98 Å². The smallest absolute Gasteiger partial charge is 0.274 e. The van der Waals surface area contributed by atoms with Gasteiger partial charge in [0.2, 0.25) is 0 Å². The quantitative estimate of drug-likeness (QED) is 0.839. The van der Waals surface area contributed by atoms with E-state index in [0.29, 0.717) is 17.0 Å². The van der Waals surface area contributed by atoms with Crippen molar-refractivity contribution in [3.8, 4) is 10.9 Å². The summed E-state index contributed by atoms with van der Waals surface area (Å²) in [6, 6.07) is 7.71. The summed E-state index contributed by atoms with van der Waals surface area (Å²) in [5.74, 6) is 0.818. The summed E-state index contributed by atoms with van der Waals surface area (Å²) in [6.07, 6.45) is 0. The van der Waals surface area contributed by atoms with E-state index in [1.165, 1.54) is 11.3 Å². The first-order chi connectivity index (χ1) is 7.78. The molecule has 0 spiro atoms. The number of benzene rings is 1. The van der Waals surface area contributed by atoms with Crippen LogP contribution < -0.4 is 9.47 Å². The molecule has 0 saturated heterocycles. The van der Waals surface area contributed by atoms with E-state index in [1.807, 2.05) is 24.3 Å². The number of aromatic nitrogens is 1. The van der Waals surface area contributed by atoms with E-state index in [9.17, 15) is 0 Å². The minimum absolute atomic E-state index is 0.459. The zero-order valence-electron chi connectivity index (χ0n) is 8.64. The van der Waals surface area contributed by atoms with Crippen LogP contribution in [0, 0.1) is 0 Å². The van der Waals surface area contributed by atoms with Crippen LogP contribution in [0.3, 0.4) is 0 Å². The minimum Gasteiger partial charge on any atom is -0.497 e. The summed E-state index contributed by atoms with van der Waals surface area (Å²) in [5.41, 5.74) is 1.03. The van der Waals surface area contributed by atoms with Gasteiger partial charge in [-0.25, -0.2) is 0 Å². The minimum atomic E-state index is 0.459. The molecule has 1 heterocycles. The highest BCUT2D eigenvalue weighted by Gasteiger charge is 2.01. The van der Waals surface area contributed by atoms with E-state index >= 15 is 0 Å². The molecule has 0 aliphatic heterocycles. The number of hydrogen-bond acceptors (Lipinski definition) is 4. The van der Waals surface area contributed by atoms with E-state index in [1.54, 1.807) is 12.5 Å². The molecule has 84 valence electrons. The third kappa shape index (κ3) is 2.87. The van der Waals surface area contributed by atoms with Crippen LogP contribution in [0.15, 0.2) is 29.6 Å². The molecule has 0 N–H and O–H groups in total. The van der Waals surface area contributed by atoms with Gasteiger partial charge in [0, 0.05) is 5.38 Å². The van der Waals surface area contributed by atoms with Crippen molar-refractivity contribution in [1.29, 1.82) is 0 Å². The number of rotatable bonds is 4. The van der Waals surface area contributed by atoms with Gasteiger partial charge in [-0.3, -0.25) is 0 Å². The molecule has 16 heavy (non-hydrogen) atoms. The van der Waals surface area contributed by atoms with Crippen LogP contribution in [0.2, 0.25) is 5.15 Å². The van der Waals surface area contributed by atoms with Crippen molar-refractivity contribution in [3.05, 3.63) is 40.4 Å². The van der Waals surface area contributed by atoms with Crippen LogP contribution in [0.25, 0.3) is 0 Å². The molecule has 0 saturated carbocycles. The lowest BCUT2D eigenvalue weighted by Crippen LogP contribution is -1.95. The zero-order valence-corrected chi connectivity index (χ0v) is 10.2. The summed E-state index contributed by atoms with van der Waals surface area (Å²) in [5, 5.41) is 2.78. The lowest BCUT2D eigenvalue weighted by atomic mass is 10.2. The maximum atomic E-state index is 5.69. The molecule has 0 aliphatic carbocycles. The van der Waals surface area contributed by atoms with E-state index < -0.39 is 0 Å². The number of methoxy groups -OCH3 is 1. The molecule has 0 unspecified atom stereocenters. The molecule has 1 aromatic heterocycles. The summed E-state index contributed by atoms with van der Waals surface area (Å²) in [4.78, 5) is 4.00. The number of nitrogens with zero attached hydrogens (tertiary/aromatic N) is 1. The Morgan fingerprint density at radius 3 is 3.00 bits per heavy atom. The third-order valence-electron chi connectivity index (χ3n) is 1.95. The van der Waals surface area contributed by atoms with Crippen LogP contribution >= 0.6 is 22.9 Å². The highest BCUT2D eigenvalue weighted by molar-refractivity contribution is 7.11. The fourth-order valence-electron chi connectivity index (χ4n) is 1.21. The molecule has 5 heteroatoms. The summed E-state index contributed by atoms with van der Waals surface area (Å²) in [6.45, 7) is 0.459. The number of halogens is 1. The van der Waals surface area contributed by atoms with Gasteiger partial charge in [-0.1, -0.05) is 35.1 Å². The van der Waals surface area contributed by atoms with E-state index in [-0.39, 0.29) is 0 Å². The molecule has 2 aromatic rings. The number of hydrogen-bond donors (Lipinski definition) is 0.